The van der Waals surface area contributed by atoms with Crippen molar-refractivity contribution < 1.29 is 19.0 Å². The first-order valence-corrected chi connectivity index (χ1v) is 7.71. The van der Waals surface area contributed by atoms with Gasteiger partial charge in [-0.25, -0.2) is 14.4 Å². The van der Waals surface area contributed by atoms with Crippen molar-refractivity contribution in [1.82, 2.24) is 9.97 Å². The van der Waals surface area contributed by atoms with Crippen LogP contribution in [-0.4, -0.2) is 35.4 Å². The van der Waals surface area contributed by atoms with Gasteiger partial charge in [0.1, 0.15) is 36.1 Å². The molecule has 7 heteroatoms. The van der Waals surface area contributed by atoms with Gasteiger partial charge in [-0.05, 0) is 30.7 Å². The summed E-state index contributed by atoms with van der Waals surface area (Å²) in [4.78, 5) is 8.39. The molecule has 3 rings (SSSR count). The lowest BCUT2D eigenvalue weighted by atomic mass is 10.2. The Hall–Kier alpha value is -2.93. The van der Waals surface area contributed by atoms with Crippen molar-refractivity contribution in [3.05, 3.63) is 48.0 Å². The molecule has 3 aromatic rings. The number of hydrogen-bond donors (Lipinski definition) is 2. The molecule has 0 unspecified atom stereocenters. The van der Waals surface area contributed by atoms with Gasteiger partial charge in [0.05, 0.1) is 17.8 Å². The van der Waals surface area contributed by atoms with E-state index in [9.17, 15) is 9.50 Å². The summed E-state index contributed by atoms with van der Waals surface area (Å²) < 4.78 is 24.6. The lowest BCUT2D eigenvalue weighted by Gasteiger charge is -2.11. The van der Waals surface area contributed by atoms with Crippen LogP contribution in [0.2, 0.25) is 0 Å². The molecule has 2 N–H and O–H groups in total. The topological polar surface area (TPSA) is 76.5 Å². The summed E-state index contributed by atoms with van der Waals surface area (Å²) >= 11 is 0. The van der Waals surface area contributed by atoms with Crippen molar-refractivity contribution in [2.45, 2.75) is 6.92 Å². The van der Waals surface area contributed by atoms with Gasteiger partial charge in [0.25, 0.3) is 0 Å². The largest absolute Gasteiger partial charge is 0.508 e. The van der Waals surface area contributed by atoms with Crippen LogP contribution in [0.5, 0.6) is 11.5 Å². The smallest absolute Gasteiger partial charge is 0.147 e. The van der Waals surface area contributed by atoms with Crippen LogP contribution in [-0.2, 0) is 4.74 Å². The minimum atomic E-state index is -0.471. The highest BCUT2D eigenvalue weighted by Gasteiger charge is 2.10. The molecule has 0 bridgehead atoms. The summed E-state index contributed by atoms with van der Waals surface area (Å²) in [6, 6.07) is 7.96. The second kappa shape index (κ2) is 7.31. The number of rotatable bonds is 6. The Balaban J connectivity index is 1.91. The predicted octanol–water partition coefficient (Wildman–Crippen LogP) is 3.55. The number of halogens is 1. The number of nitrogens with zero attached hydrogens (tertiary/aromatic N) is 2. The number of aromatic nitrogens is 2. The van der Waals surface area contributed by atoms with E-state index in [-0.39, 0.29) is 11.4 Å². The summed E-state index contributed by atoms with van der Waals surface area (Å²) in [6.07, 6.45) is 1.38. The second-order valence-corrected chi connectivity index (χ2v) is 5.49. The Morgan fingerprint density at radius 2 is 2.00 bits per heavy atom. The zero-order valence-corrected chi connectivity index (χ0v) is 13.9. The first kappa shape index (κ1) is 16.9. The fourth-order valence-electron chi connectivity index (χ4n) is 2.35. The van der Waals surface area contributed by atoms with Gasteiger partial charge in [-0.1, -0.05) is 0 Å². The molecule has 1 heterocycles. The summed E-state index contributed by atoms with van der Waals surface area (Å²) in [5.74, 6) is 0.640. The third-order valence-electron chi connectivity index (χ3n) is 3.70. The maximum atomic E-state index is 14.1. The van der Waals surface area contributed by atoms with E-state index in [0.29, 0.717) is 41.2 Å². The average molecular weight is 343 g/mol. The van der Waals surface area contributed by atoms with E-state index >= 15 is 0 Å². The molecule has 130 valence electrons. The van der Waals surface area contributed by atoms with Crippen LogP contribution in [0.4, 0.5) is 15.9 Å². The fourth-order valence-corrected chi connectivity index (χ4v) is 2.35. The molecule has 0 saturated carbocycles. The first-order chi connectivity index (χ1) is 12.1. The number of aromatic hydroxyl groups is 1. The highest BCUT2D eigenvalue weighted by molar-refractivity contribution is 5.91. The Labute approximate surface area is 144 Å². The van der Waals surface area contributed by atoms with E-state index in [4.69, 9.17) is 9.47 Å². The third kappa shape index (κ3) is 3.77. The monoisotopic (exact) mass is 343 g/mol. The average Bonchev–Trinajstić information content (AvgIpc) is 2.60. The Morgan fingerprint density at radius 3 is 2.80 bits per heavy atom. The lowest BCUT2D eigenvalue weighted by Crippen LogP contribution is -2.04. The van der Waals surface area contributed by atoms with E-state index in [1.165, 1.54) is 18.5 Å². The van der Waals surface area contributed by atoms with Crippen LogP contribution in [0.15, 0.2) is 36.7 Å². The quantitative estimate of drug-likeness (QED) is 0.667. The zero-order chi connectivity index (χ0) is 17.8. The molecule has 0 aliphatic heterocycles. The van der Waals surface area contributed by atoms with Crippen molar-refractivity contribution in [2.24, 2.45) is 0 Å². The van der Waals surface area contributed by atoms with E-state index in [0.717, 1.165) is 0 Å². The SMILES string of the molecule is COCCOc1ccc2c(Nc3cc(O)c(C)cc3F)ncnc2c1. The fraction of sp³-hybridized carbons (Fsp3) is 0.222. The first-order valence-electron chi connectivity index (χ1n) is 7.71. The number of fused-ring (bicyclic) bond motifs is 1. The van der Waals surface area contributed by atoms with E-state index < -0.39 is 5.82 Å². The van der Waals surface area contributed by atoms with Gasteiger partial charge in [-0.3, -0.25) is 0 Å². The van der Waals surface area contributed by atoms with Crippen LogP contribution >= 0.6 is 0 Å². The van der Waals surface area contributed by atoms with Crippen LogP contribution in [0.25, 0.3) is 10.9 Å². The van der Waals surface area contributed by atoms with Gasteiger partial charge in [0, 0.05) is 24.6 Å². The standard InChI is InChI=1S/C18H18FN3O3/c1-11-7-14(19)16(9-17(11)23)22-18-13-4-3-12(25-6-5-24-2)8-15(13)20-10-21-18/h3-4,7-10,23H,5-6H2,1-2H3,(H,20,21,22). The molecule has 0 spiro atoms. The van der Waals surface area contributed by atoms with Crippen molar-refractivity contribution >= 4 is 22.4 Å². The maximum Gasteiger partial charge on any atom is 0.147 e. The summed E-state index contributed by atoms with van der Waals surface area (Å²) in [5, 5.41) is 13.4. The molecular weight excluding hydrogens is 325 g/mol. The van der Waals surface area contributed by atoms with Crippen molar-refractivity contribution in [3.63, 3.8) is 0 Å². The van der Waals surface area contributed by atoms with Gasteiger partial charge in [0.2, 0.25) is 0 Å². The molecule has 0 aliphatic rings. The molecule has 6 nitrogen and oxygen atoms in total. The number of phenols is 1. The minimum absolute atomic E-state index is 0.0103. The molecule has 1 aromatic heterocycles. The Bertz CT molecular complexity index is 902. The number of hydrogen-bond acceptors (Lipinski definition) is 6. The molecule has 0 radical (unpaired) electrons. The number of methoxy groups -OCH3 is 1. The summed E-state index contributed by atoms with van der Waals surface area (Å²) in [5.41, 5.74) is 1.26. The number of benzene rings is 2. The van der Waals surface area contributed by atoms with Crippen molar-refractivity contribution in [1.29, 1.82) is 0 Å². The van der Waals surface area contributed by atoms with E-state index in [1.54, 1.807) is 32.2 Å². The van der Waals surface area contributed by atoms with Crippen LogP contribution in [0.3, 0.4) is 0 Å². The van der Waals surface area contributed by atoms with Crippen molar-refractivity contribution in [2.75, 3.05) is 25.6 Å². The second-order valence-electron chi connectivity index (χ2n) is 5.49. The number of aryl methyl sites for hydroxylation is 1. The molecule has 0 amide bonds. The zero-order valence-electron chi connectivity index (χ0n) is 13.9. The van der Waals surface area contributed by atoms with Gasteiger partial charge in [0.15, 0.2) is 0 Å². The van der Waals surface area contributed by atoms with Crippen LogP contribution < -0.4 is 10.1 Å². The highest BCUT2D eigenvalue weighted by atomic mass is 19.1. The third-order valence-corrected chi connectivity index (χ3v) is 3.70. The predicted molar refractivity (Wildman–Crippen MR) is 93.0 cm³/mol. The lowest BCUT2D eigenvalue weighted by molar-refractivity contribution is 0.146. The number of anilines is 2. The molecule has 0 fully saturated rings. The van der Waals surface area contributed by atoms with Gasteiger partial charge >= 0.3 is 0 Å². The van der Waals surface area contributed by atoms with Crippen LogP contribution in [0, 0.1) is 12.7 Å². The van der Waals surface area contributed by atoms with Gasteiger partial charge < -0.3 is 19.9 Å². The number of phenolic OH excluding ortho intramolecular Hbond substituents is 1. The van der Waals surface area contributed by atoms with E-state index in [2.05, 4.69) is 15.3 Å². The summed E-state index contributed by atoms with van der Waals surface area (Å²) in [7, 11) is 1.61. The normalized spacial score (nSPS) is 10.8. The molecule has 0 aliphatic carbocycles. The molecular formula is C18H18FN3O3. The van der Waals surface area contributed by atoms with Gasteiger partial charge in [-0.2, -0.15) is 0 Å². The number of nitrogens with one attached hydrogen (secondary N) is 1. The molecule has 0 atom stereocenters. The molecule has 0 saturated heterocycles. The minimum Gasteiger partial charge on any atom is -0.508 e. The van der Waals surface area contributed by atoms with Crippen LogP contribution in [0.1, 0.15) is 5.56 Å². The van der Waals surface area contributed by atoms with Crippen molar-refractivity contribution in [3.8, 4) is 11.5 Å². The summed E-state index contributed by atoms with van der Waals surface area (Å²) in [6.45, 7) is 2.56. The molecule has 2 aromatic carbocycles. The molecule has 25 heavy (non-hydrogen) atoms. The Kier molecular flexibility index (Phi) is 4.95. The maximum absolute atomic E-state index is 14.1. The number of ether oxygens (including phenoxy) is 2. The highest BCUT2D eigenvalue weighted by Crippen LogP contribution is 2.30. The van der Waals surface area contributed by atoms with Gasteiger partial charge in [-0.15, -0.1) is 0 Å². The Morgan fingerprint density at radius 1 is 1.16 bits per heavy atom. The van der Waals surface area contributed by atoms with E-state index in [1.807, 2.05) is 0 Å².